The average molecular weight is 442 g/mol. The normalized spacial score (nSPS) is 29.2. The van der Waals surface area contributed by atoms with Crippen LogP contribution in [0.3, 0.4) is 0 Å². The van der Waals surface area contributed by atoms with Crippen molar-refractivity contribution < 1.29 is 49.4 Å². The SMILES string of the molecule is CC(O)C1C(=O)N2C(C(=O)[O-])=C(S[C@@H]3CCN(c4nc(C#N)cs4)C3)[C@H](C)C12.[Na+]. The summed E-state index contributed by atoms with van der Waals surface area (Å²) in [5.74, 6) is -2.42. The Bertz CT molecular complexity index is 912. The van der Waals surface area contributed by atoms with Crippen molar-refractivity contribution >= 4 is 40.1 Å². The Labute approximate surface area is 198 Å². The monoisotopic (exact) mass is 442 g/mol. The summed E-state index contributed by atoms with van der Waals surface area (Å²) >= 11 is 2.91. The molecule has 2 saturated heterocycles. The number of carboxylic acids is 1. The zero-order valence-corrected chi connectivity index (χ0v) is 20.0. The first-order valence-corrected chi connectivity index (χ1v) is 10.8. The number of carbonyl (C=O) groups excluding carboxylic acids is 2. The van der Waals surface area contributed by atoms with Crippen LogP contribution in [0.4, 0.5) is 5.13 Å². The number of thiazole rings is 1. The molecule has 0 radical (unpaired) electrons. The van der Waals surface area contributed by atoms with E-state index >= 15 is 0 Å². The van der Waals surface area contributed by atoms with E-state index in [0.717, 1.165) is 18.1 Å². The van der Waals surface area contributed by atoms with Gasteiger partial charge < -0.3 is 24.8 Å². The number of nitrogens with zero attached hydrogens (tertiary/aromatic N) is 4. The second kappa shape index (κ2) is 8.57. The van der Waals surface area contributed by atoms with Crippen molar-refractivity contribution in [2.24, 2.45) is 11.8 Å². The molecule has 3 aliphatic heterocycles. The van der Waals surface area contributed by atoms with Gasteiger partial charge >= 0.3 is 29.6 Å². The summed E-state index contributed by atoms with van der Waals surface area (Å²) in [4.78, 5) is 32.5. The van der Waals surface area contributed by atoms with Crippen molar-refractivity contribution in [3.63, 3.8) is 0 Å². The van der Waals surface area contributed by atoms with Crippen LogP contribution in [0.15, 0.2) is 16.0 Å². The smallest absolute Gasteiger partial charge is 0.543 e. The molecule has 148 valence electrons. The molecule has 2 fully saturated rings. The van der Waals surface area contributed by atoms with E-state index in [1.165, 1.54) is 28.0 Å². The van der Waals surface area contributed by atoms with Crippen LogP contribution in [0.1, 0.15) is 26.0 Å². The van der Waals surface area contributed by atoms with Crippen molar-refractivity contribution in [1.29, 1.82) is 5.26 Å². The molecule has 11 heteroatoms. The minimum atomic E-state index is -1.34. The van der Waals surface area contributed by atoms with Gasteiger partial charge in [0.2, 0.25) is 5.91 Å². The van der Waals surface area contributed by atoms with Gasteiger partial charge in [0.1, 0.15) is 6.07 Å². The molecule has 0 aliphatic carbocycles. The third-order valence-corrected chi connectivity index (χ3v) is 8.06. The van der Waals surface area contributed by atoms with Crippen LogP contribution in [0.2, 0.25) is 0 Å². The summed E-state index contributed by atoms with van der Waals surface area (Å²) < 4.78 is 0. The van der Waals surface area contributed by atoms with E-state index in [2.05, 4.69) is 9.88 Å². The minimum absolute atomic E-state index is 0. The molecule has 8 nitrogen and oxygen atoms in total. The number of fused-ring (bicyclic) bond motifs is 1. The number of nitriles is 1. The molecule has 0 saturated carbocycles. The maximum absolute atomic E-state index is 12.4. The number of anilines is 1. The van der Waals surface area contributed by atoms with Crippen molar-refractivity contribution in [2.75, 3.05) is 18.0 Å². The molecule has 3 aliphatic rings. The van der Waals surface area contributed by atoms with Gasteiger partial charge in [-0.3, -0.25) is 4.79 Å². The van der Waals surface area contributed by atoms with Crippen LogP contribution in [0.5, 0.6) is 0 Å². The Hall–Kier alpha value is -1.09. The van der Waals surface area contributed by atoms with Crippen LogP contribution >= 0.6 is 23.1 Å². The summed E-state index contributed by atoms with van der Waals surface area (Å²) in [5.41, 5.74) is 0.360. The largest absolute Gasteiger partial charge is 1.00 e. The summed E-state index contributed by atoms with van der Waals surface area (Å²) in [6.45, 7) is 4.94. The van der Waals surface area contributed by atoms with Crippen molar-refractivity contribution in [3.8, 4) is 6.07 Å². The third kappa shape index (κ3) is 3.73. The first kappa shape index (κ1) is 22.6. The number of carbonyl (C=O) groups is 2. The minimum Gasteiger partial charge on any atom is -0.543 e. The molecule has 4 heterocycles. The molecule has 4 rings (SSSR count). The fourth-order valence-electron chi connectivity index (χ4n) is 4.31. The number of aliphatic hydroxyl groups excluding tert-OH is 1. The Morgan fingerprint density at radius 3 is 2.86 bits per heavy atom. The van der Waals surface area contributed by atoms with Crippen LogP contribution in [0.25, 0.3) is 0 Å². The standard InChI is InChI=1S/C18H20N4O4S2.Na/c1-8-13-12(9(2)23)16(24)22(13)14(17(25)26)15(8)28-11-3-4-21(6-11)18-20-10(5-19)7-27-18;/h7-9,11-13,23H,3-4,6H2,1-2H3,(H,25,26);/q;+1/p-1/t8-,9?,11-,12?,13?;/m1./s1. The van der Waals surface area contributed by atoms with Crippen molar-refractivity contribution in [2.45, 2.75) is 37.7 Å². The van der Waals surface area contributed by atoms with Crippen LogP contribution in [-0.4, -0.2) is 57.4 Å². The van der Waals surface area contributed by atoms with E-state index in [9.17, 15) is 19.8 Å². The first-order chi connectivity index (χ1) is 13.3. The predicted molar refractivity (Wildman–Crippen MR) is 102 cm³/mol. The number of amides is 1. The van der Waals surface area contributed by atoms with Crippen molar-refractivity contribution in [3.05, 3.63) is 21.7 Å². The average Bonchev–Trinajstić information content (AvgIpc) is 3.33. The predicted octanol–water partition coefficient (Wildman–Crippen LogP) is -2.85. The Balaban J connectivity index is 0.00000240. The molecular formula is C18H19N4NaO4S2. The second-order valence-corrected chi connectivity index (χ2v) is 9.53. The zero-order valence-electron chi connectivity index (χ0n) is 16.4. The van der Waals surface area contributed by atoms with Gasteiger partial charge in [-0.1, -0.05) is 6.92 Å². The fraction of sp³-hybridized carbons (Fsp3) is 0.556. The number of aromatic nitrogens is 1. The van der Waals surface area contributed by atoms with E-state index in [4.69, 9.17) is 5.26 Å². The number of carboxylic acid groups (broad SMARTS) is 1. The number of aliphatic carboxylic acids is 1. The molecule has 0 bridgehead atoms. The topological polar surface area (TPSA) is 121 Å². The van der Waals surface area contributed by atoms with E-state index in [-0.39, 0.29) is 58.4 Å². The van der Waals surface area contributed by atoms with Gasteiger partial charge in [0.25, 0.3) is 0 Å². The van der Waals surface area contributed by atoms with Crippen LogP contribution in [0, 0.1) is 23.2 Å². The Morgan fingerprint density at radius 2 is 2.28 bits per heavy atom. The van der Waals surface area contributed by atoms with E-state index in [0.29, 0.717) is 17.1 Å². The van der Waals surface area contributed by atoms with Gasteiger partial charge in [0, 0.05) is 34.5 Å². The molecule has 1 aromatic heterocycles. The van der Waals surface area contributed by atoms with Gasteiger partial charge in [0.05, 0.1) is 29.7 Å². The van der Waals surface area contributed by atoms with Gasteiger partial charge in [-0.25, -0.2) is 4.98 Å². The molecular weight excluding hydrogens is 423 g/mol. The maximum atomic E-state index is 12.4. The molecule has 0 spiro atoms. The number of thioether (sulfide) groups is 1. The molecule has 3 unspecified atom stereocenters. The number of β-lactam (4-membered cyclic amide) rings is 1. The van der Waals surface area contributed by atoms with Gasteiger partial charge in [-0.2, -0.15) is 5.26 Å². The van der Waals surface area contributed by atoms with Crippen molar-refractivity contribution in [1.82, 2.24) is 9.88 Å². The number of aliphatic hydroxyl groups is 1. The fourth-order valence-corrected chi connectivity index (χ4v) is 6.58. The molecule has 1 amide bonds. The van der Waals surface area contributed by atoms with E-state index in [1.807, 2.05) is 13.0 Å². The summed E-state index contributed by atoms with van der Waals surface area (Å²) in [6.07, 6.45) is 0.0333. The quantitative estimate of drug-likeness (QED) is 0.382. The van der Waals surface area contributed by atoms with E-state index < -0.39 is 18.0 Å². The third-order valence-electron chi connectivity index (χ3n) is 5.62. The summed E-state index contributed by atoms with van der Waals surface area (Å²) in [7, 11) is 0. The maximum Gasteiger partial charge on any atom is 1.00 e. The number of hydrogen-bond acceptors (Lipinski definition) is 9. The Morgan fingerprint density at radius 1 is 1.55 bits per heavy atom. The van der Waals surface area contributed by atoms with Gasteiger partial charge in [-0.15, -0.1) is 23.1 Å². The van der Waals surface area contributed by atoms with Crippen LogP contribution in [-0.2, 0) is 9.59 Å². The van der Waals surface area contributed by atoms with E-state index in [1.54, 1.807) is 12.3 Å². The Kier molecular flexibility index (Phi) is 6.68. The molecule has 29 heavy (non-hydrogen) atoms. The zero-order chi connectivity index (χ0) is 20.2. The number of hydrogen-bond donors (Lipinski definition) is 1. The molecule has 1 aromatic rings. The molecule has 0 aromatic carbocycles. The second-order valence-electron chi connectivity index (χ2n) is 7.36. The van der Waals surface area contributed by atoms with Gasteiger partial charge in [-0.05, 0) is 13.3 Å². The number of rotatable bonds is 5. The summed E-state index contributed by atoms with van der Waals surface area (Å²) in [5, 5.41) is 33.3. The molecule has 1 N–H and O–H groups in total. The molecule has 5 atom stereocenters. The van der Waals surface area contributed by atoms with Gasteiger partial charge in [0.15, 0.2) is 10.8 Å². The summed E-state index contributed by atoms with van der Waals surface area (Å²) in [6, 6.07) is 1.71. The van der Waals surface area contributed by atoms with Crippen LogP contribution < -0.4 is 39.6 Å². The first-order valence-electron chi connectivity index (χ1n) is 9.07.